The Balaban J connectivity index is 1.30. The number of aromatic nitrogens is 4. The first-order valence-electron chi connectivity index (χ1n) is 9.96. The first kappa shape index (κ1) is 18.6. The summed E-state index contributed by atoms with van der Waals surface area (Å²) < 4.78 is 20.9. The number of nitrogens with two attached hydrogens (primary N) is 1. The van der Waals surface area contributed by atoms with Crippen LogP contribution in [-0.2, 0) is 6.54 Å². The predicted molar refractivity (Wildman–Crippen MR) is 111 cm³/mol. The number of rotatable bonds is 6. The topological polar surface area (TPSA) is 97.5 Å². The van der Waals surface area contributed by atoms with Crippen molar-refractivity contribution in [3.05, 3.63) is 60.1 Å². The smallest absolute Gasteiger partial charge is 0.225 e. The summed E-state index contributed by atoms with van der Waals surface area (Å²) in [5.74, 6) is 1.75. The Morgan fingerprint density at radius 3 is 2.93 bits per heavy atom. The second-order valence-corrected chi connectivity index (χ2v) is 7.42. The van der Waals surface area contributed by atoms with Gasteiger partial charge in [-0.1, -0.05) is 18.2 Å². The number of fused-ring (bicyclic) bond motifs is 1. The highest BCUT2D eigenvalue weighted by atomic mass is 19.1. The molecule has 8 nitrogen and oxygen atoms in total. The van der Waals surface area contributed by atoms with Crippen molar-refractivity contribution >= 4 is 17.4 Å². The van der Waals surface area contributed by atoms with E-state index in [9.17, 15) is 4.39 Å². The first-order chi connectivity index (χ1) is 14.7. The number of benzene rings is 1. The Hall–Kier alpha value is -3.46. The Kier molecular flexibility index (Phi) is 4.80. The van der Waals surface area contributed by atoms with Crippen LogP contribution in [-0.4, -0.2) is 43.6 Å². The summed E-state index contributed by atoms with van der Waals surface area (Å²) in [5, 5.41) is 7.72. The lowest BCUT2D eigenvalue weighted by Crippen LogP contribution is -2.34. The maximum absolute atomic E-state index is 14.0. The highest BCUT2D eigenvalue weighted by Crippen LogP contribution is 2.23. The molecule has 0 amide bonds. The third kappa shape index (κ3) is 3.59. The van der Waals surface area contributed by atoms with Crippen LogP contribution in [0.15, 0.2) is 53.1 Å². The molecule has 0 saturated carbocycles. The molecule has 0 spiro atoms. The third-order valence-electron chi connectivity index (χ3n) is 5.44. The van der Waals surface area contributed by atoms with Crippen LogP contribution in [0.3, 0.4) is 0 Å². The molecule has 4 aromatic rings. The van der Waals surface area contributed by atoms with Gasteiger partial charge in [-0.25, -0.2) is 9.37 Å². The van der Waals surface area contributed by atoms with E-state index in [0.29, 0.717) is 42.2 Å². The highest BCUT2D eigenvalue weighted by Gasteiger charge is 2.25. The molecule has 30 heavy (non-hydrogen) atoms. The Labute approximate surface area is 172 Å². The fourth-order valence-electron chi connectivity index (χ4n) is 3.91. The van der Waals surface area contributed by atoms with Crippen LogP contribution in [0.1, 0.15) is 18.4 Å². The minimum atomic E-state index is -0.157. The van der Waals surface area contributed by atoms with E-state index in [0.717, 1.165) is 24.9 Å². The minimum Gasteiger partial charge on any atom is -0.461 e. The van der Waals surface area contributed by atoms with Gasteiger partial charge in [-0.05, 0) is 37.6 Å². The van der Waals surface area contributed by atoms with Crippen molar-refractivity contribution in [3.8, 4) is 11.6 Å². The molecule has 1 saturated heterocycles. The number of nitrogen functional groups attached to an aromatic ring is 1. The van der Waals surface area contributed by atoms with E-state index >= 15 is 0 Å². The molecule has 1 aliphatic rings. The molecule has 4 heterocycles. The molecule has 5 rings (SSSR count). The number of anilines is 2. The van der Waals surface area contributed by atoms with Gasteiger partial charge in [0.2, 0.25) is 11.8 Å². The van der Waals surface area contributed by atoms with E-state index < -0.39 is 0 Å². The molecule has 0 aliphatic carbocycles. The number of nitrogens with zero attached hydrogens (tertiary/aromatic N) is 5. The molecule has 1 aliphatic heterocycles. The fourth-order valence-corrected chi connectivity index (χ4v) is 3.91. The van der Waals surface area contributed by atoms with Gasteiger partial charge in [0, 0.05) is 30.8 Å². The van der Waals surface area contributed by atoms with E-state index in [4.69, 9.17) is 10.2 Å². The van der Waals surface area contributed by atoms with Gasteiger partial charge in [0.05, 0.1) is 6.26 Å². The maximum Gasteiger partial charge on any atom is 0.225 e. The van der Waals surface area contributed by atoms with Gasteiger partial charge in [-0.2, -0.15) is 9.50 Å². The zero-order valence-electron chi connectivity index (χ0n) is 16.3. The zero-order chi connectivity index (χ0) is 20.5. The van der Waals surface area contributed by atoms with Crippen LogP contribution in [0.5, 0.6) is 0 Å². The maximum atomic E-state index is 14.0. The van der Waals surface area contributed by atoms with Crippen LogP contribution in [0.2, 0.25) is 0 Å². The number of halogens is 1. The molecule has 3 aromatic heterocycles. The van der Waals surface area contributed by atoms with Crippen molar-refractivity contribution in [2.75, 3.05) is 24.1 Å². The van der Waals surface area contributed by atoms with E-state index in [1.54, 1.807) is 24.5 Å². The van der Waals surface area contributed by atoms with Crippen molar-refractivity contribution in [3.63, 3.8) is 0 Å². The number of likely N-dealkylation sites (tertiary alicyclic amines) is 1. The summed E-state index contributed by atoms with van der Waals surface area (Å²) in [6.07, 6.45) is 3.71. The van der Waals surface area contributed by atoms with Crippen LogP contribution in [0.25, 0.3) is 17.2 Å². The van der Waals surface area contributed by atoms with Crippen molar-refractivity contribution < 1.29 is 8.81 Å². The van der Waals surface area contributed by atoms with Crippen molar-refractivity contribution in [1.29, 1.82) is 0 Å². The lowest BCUT2D eigenvalue weighted by Gasteiger charge is -2.25. The standard InChI is InChI=1S/C21H22FN7O/c22-16-7-2-1-5-14(16)13-28-9-3-6-15(28)12-24-18-11-19-26-20(17-8-4-10-30-17)27-29(19)21(23)25-18/h1-2,4-5,7-8,10-11,15,24H,3,6,9,12-13H2,(H2,23,25)/t15-/m1/s1. The molecule has 1 aromatic carbocycles. The molecular weight excluding hydrogens is 385 g/mol. The van der Waals surface area contributed by atoms with Gasteiger partial charge in [0.25, 0.3) is 0 Å². The monoisotopic (exact) mass is 407 g/mol. The Morgan fingerprint density at radius 2 is 2.10 bits per heavy atom. The third-order valence-corrected chi connectivity index (χ3v) is 5.44. The Morgan fingerprint density at radius 1 is 1.20 bits per heavy atom. The summed E-state index contributed by atoms with van der Waals surface area (Å²) in [5.41, 5.74) is 7.39. The van der Waals surface area contributed by atoms with Crippen molar-refractivity contribution in [1.82, 2.24) is 24.5 Å². The first-order valence-corrected chi connectivity index (χ1v) is 9.96. The molecule has 0 unspecified atom stereocenters. The van der Waals surface area contributed by atoms with Gasteiger partial charge in [0.1, 0.15) is 11.6 Å². The molecule has 154 valence electrons. The summed E-state index contributed by atoms with van der Waals surface area (Å²) in [6, 6.07) is 12.6. The van der Waals surface area contributed by atoms with Crippen molar-refractivity contribution in [2.24, 2.45) is 0 Å². The van der Waals surface area contributed by atoms with Gasteiger partial charge < -0.3 is 15.5 Å². The number of hydrogen-bond acceptors (Lipinski definition) is 7. The van der Waals surface area contributed by atoms with E-state index in [1.165, 1.54) is 10.6 Å². The summed E-state index contributed by atoms with van der Waals surface area (Å²) >= 11 is 0. The average Bonchev–Trinajstić information content (AvgIpc) is 3.49. The molecule has 0 radical (unpaired) electrons. The lowest BCUT2D eigenvalue weighted by atomic mass is 10.1. The SMILES string of the molecule is Nc1nc(NC[C@H]2CCCN2Cc2ccccc2F)cc2nc(-c3ccco3)nn12. The molecule has 1 fully saturated rings. The van der Waals surface area contributed by atoms with Crippen molar-refractivity contribution in [2.45, 2.75) is 25.4 Å². The summed E-state index contributed by atoms with van der Waals surface area (Å²) in [7, 11) is 0. The van der Waals surface area contributed by atoms with Crippen LogP contribution in [0.4, 0.5) is 16.2 Å². The largest absolute Gasteiger partial charge is 0.461 e. The molecular formula is C21H22FN7O. The van der Waals surface area contributed by atoms with Crippen LogP contribution >= 0.6 is 0 Å². The number of furan rings is 1. The number of nitrogens with one attached hydrogen (secondary N) is 1. The summed E-state index contributed by atoms with van der Waals surface area (Å²) in [6.45, 7) is 2.24. The minimum absolute atomic E-state index is 0.157. The molecule has 9 heteroatoms. The Bertz CT molecular complexity index is 1160. The predicted octanol–water partition coefficient (Wildman–Crippen LogP) is 3.18. The van der Waals surface area contributed by atoms with Gasteiger partial charge in [-0.15, -0.1) is 5.10 Å². The zero-order valence-corrected chi connectivity index (χ0v) is 16.3. The lowest BCUT2D eigenvalue weighted by molar-refractivity contribution is 0.250. The average molecular weight is 407 g/mol. The second-order valence-electron chi connectivity index (χ2n) is 7.42. The van der Waals surface area contributed by atoms with Gasteiger partial charge in [0.15, 0.2) is 11.4 Å². The normalized spacial score (nSPS) is 17.0. The summed E-state index contributed by atoms with van der Waals surface area (Å²) in [4.78, 5) is 11.2. The van der Waals surface area contributed by atoms with E-state index in [1.807, 2.05) is 18.2 Å². The van der Waals surface area contributed by atoms with Gasteiger partial charge in [-0.3, -0.25) is 4.90 Å². The van der Waals surface area contributed by atoms with E-state index in [-0.39, 0.29) is 11.8 Å². The van der Waals surface area contributed by atoms with Crippen LogP contribution in [0, 0.1) is 5.82 Å². The quantitative estimate of drug-likeness (QED) is 0.507. The fraction of sp³-hybridized carbons (Fsp3) is 0.286. The highest BCUT2D eigenvalue weighted by molar-refractivity contribution is 5.58. The number of hydrogen-bond donors (Lipinski definition) is 2. The molecule has 3 N–H and O–H groups in total. The molecule has 1 atom stereocenters. The van der Waals surface area contributed by atoms with E-state index in [2.05, 4.69) is 25.3 Å². The molecule has 0 bridgehead atoms. The van der Waals surface area contributed by atoms with Gasteiger partial charge >= 0.3 is 0 Å². The second kappa shape index (κ2) is 7.75. The van der Waals surface area contributed by atoms with Crippen LogP contribution < -0.4 is 11.1 Å².